The van der Waals surface area contributed by atoms with Crippen molar-refractivity contribution in [2.75, 3.05) is 11.9 Å². The number of ether oxygens (including phenoxy) is 1. The summed E-state index contributed by atoms with van der Waals surface area (Å²) in [6, 6.07) is 18.4. The van der Waals surface area contributed by atoms with Crippen LogP contribution in [0.3, 0.4) is 0 Å². The van der Waals surface area contributed by atoms with E-state index in [0.717, 1.165) is 21.5 Å². The number of nitrogens with one attached hydrogen (secondary N) is 1. The molecule has 2 aromatic heterocycles. The molecule has 31 heavy (non-hydrogen) atoms. The molecule has 9 heteroatoms. The molecule has 3 N–H and O–H groups in total. The monoisotopic (exact) mass is 434 g/mol. The maximum atomic E-state index is 12.3. The predicted octanol–water partition coefficient (Wildman–Crippen LogP) is 3.05. The van der Waals surface area contributed by atoms with Crippen molar-refractivity contribution < 1.29 is 19.1 Å². The van der Waals surface area contributed by atoms with Gasteiger partial charge in [-0.2, -0.15) is 0 Å². The van der Waals surface area contributed by atoms with Gasteiger partial charge in [0, 0.05) is 4.88 Å². The molecule has 4 rings (SSSR count). The lowest BCUT2D eigenvalue weighted by molar-refractivity contribution is -0.147. The molecule has 0 aliphatic carbocycles. The molecule has 8 nitrogen and oxygen atoms in total. The van der Waals surface area contributed by atoms with E-state index >= 15 is 0 Å². The molecule has 2 aromatic carbocycles. The number of benzene rings is 2. The van der Waals surface area contributed by atoms with Gasteiger partial charge in [0.2, 0.25) is 0 Å². The average molecular weight is 434 g/mol. The van der Waals surface area contributed by atoms with Crippen LogP contribution in [0.5, 0.6) is 0 Å². The van der Waals surface area contributed by atoms with Crippen LogP contribution in [0.2, 0.25) is 0 Å². The number of thiophene rings is 1. The molecule has 0 saturated heterocycles. The molecule has 0 unspecified atom stereocenters. The van der Waals surface area contributed by atoms with Crippen molar-refractivity contribution in [3.8, 4) is 10.4 Å². The lowest BCUT2D eigenvalue weighted by atomic mass is 10.1. The van der Waals surface area contributed by atoms with Crippen LogP contribution in [0, 0.1) is 0 Å². The van der Waals surface area contributed by atoms with Crippen LogP contribution in [-0.2, 0) is 20.9 Å². The highest BCUT2D eigenvalue weighted by atomic mass is 32.1. The summed E-state index contributed by atoms with van der Waals surface area (Å²) in [5, 5.41) is 2.92. The van der Waals surface area contributed by atoms with Crippen LogP contribution >= 0.6 is 11.3 Å². The van der Waals surface area contributed by atoms with E-state index in [1.54, 1.807) is 17.0 Å². The maximum absolute atomic E-state index is 12.3. The van der Waals surface area contributed by atoms with Gasteiger partial charge >= 0.3 is 5.97 Å². The standard InChI is InChI=1S/C22H18N4O4S/c23-21(29)15-10-18(14-6-2-1-3-7-14)31-22(15)25-19(27)12-30-20(28)11-26-13-24-16-8-4-5-9-17(16)26/h1-10,13H,11-12H2,(H2,23,29)(H,25,27). The number of anilines is 1. The van der Waals surface area contributed by atoms with Crippen LogP contribution in [0.4, 0.5) is 5.00 Å². The Labute approximate surface area is 181 Å². The van der Waals surface area contributed by atoms with E-state index in [2.05, 4.69) is 10.3 Å². The van der Waals surface area contributed by atoms with E-state index in [-0.39, 0.29) is 12.1 Å². The van der Waals surface area contributed by atoms with Crippen molar-refractivity contribution in [2.24, 2.45) is 5.73 Å². The number of rotatable bonds is 7. The minimum atomic E-state index is -0.655. The Hall–Kier alpha value is -3.98. The molecule has 0 aliphatic rings. The smallest absolute Gasteiger partial charge is 0.326 e. The summed E-state index contributed by atoms with van der Waals surface area (Å²) in [5.74, 6) is -1.80. The summed E-state index contributed by atoms with van der Waals surface area (Å²) < 4.78 is 6.72. The fourth-order valence-corrected chi connectivity index (χ4v) is 4.13. The van der Waals surface area contributed by atoms with Gasteiger partial charge in [0.25, 0.3) is 11.8 Å². The quantitative estimate of drug-likeness (QED) is 0.434. The molecule has 0 fully saturated rings. The first-order valence-electron chi connectivity index (χ1n) is 9.35. The number of primary amides is 1. The highest BCUT2D eigenvalue weighted by molar-refractivity contribution is 7.20. The summed E-state index contributed by atoms with van der Waals surface area (Å²) in [6.45, 7) is -0.556. The molecule has 0 atom stereocenters. The van der Waals surface area contributed by atoms with Gasteiger partial charge in [-0.25, -0.2) is 4.98 Å². The van der Waals surface area contributed by atoms with Gasteiger partial charge in [0.05, 0.1) is 22.9 Å². The van der Waals surface area contributed by atoms with Gasteiger partial charge < -0.3 is 20.4 Å². The van der Waals surface area contributed by atoms with Crippen molar-refractivity contribution in [1.29, 1.82) is 0 Å². The van der Waals surface area contributed by atoms with Crippen molar-refractivity contribution in [3.05, 3.63) is 72.6 Å². The third-order valence-electron chi connectivity index (χ3n) is 4.50. The first-order valence-corrected chi connectivity index (χ1v) is 10.2. The largest absolute Gasteiger partial charge is 0.454 e. The number of amides is 2. The van der Waals surface area contributed by atoms with Gasteiger partial charge in [0.1, 0.15) is 11.5 Å². The Balaban J connectivity index is 1.39. The average Bonchev–Trinajstić information content (AvgIpc) is 3.38. The lowest BCUT2D eigenvalue weighted by Crippen LogP contribution is -2.23. The van der Waals surface area contributed by atoms with E-state index in [4.69, 9.17) is 10.5 Å². The number of aromatic nitrogens is 2. The maximum Gasteiger partial charge on any atom is 0.326 e. The number of carbonyl (C=O) groups is 3. The fourth-order valence-electron chi connectivity index (χ4n) is 3.04. The third-order valence-corrected chi connectivity index (χ3v) is 5.60. The molecular weight excluding hydrogens is 416 g/mol. The Kier molecular flexibility index (Phi) is 5.76. The second-order valence-corrected chi connectivity index (χ2v) is 7.71. The molecule has 156 valence electrons. The van der Waals surface area contributed by atoms with Gasteiger partial charge in [-0.05, 0) is 23.8 Å². The summed E-state index contributed by atoms with van der Waals surface area (Å²) in [7, 11) is 0. The molecular formula is C22H18N4O4S. The number of carbonyl (C=O) groups excluding carboxylic acids is 3. The first kappa shape index (κ1) is 20.3. The topological polar surface area (TPSA) is 116 Å². The van der Waals surface area contributed by atoms with Crippen LogP contribution < -0.4 is 11.1 Å². The Morgan fingerprint density at radius 2 is 1.81 bits per heavy atom. The van der Waals surface area contributed by atoms with Crippen LogP contribution in [0.15, 0.2) is 67.0 Å². The van der Waals surface area contributed by atoms with E-state index in [1.165, 1.54) is 11.3 Å². The number of hydrogen-bond acceptors (Lipinski definition) is 6. The highest BCUT2D eigenvalue weighted by Crippen LogP contribution is 2.35. The van der Waals surface area contributed by atoms with E-state index in [9.17, 15) is 14.4 Å². The summed E-state index contributed by atoms with van der Waals surface area (Å²) >= 11 is 1.22. The minimum Gasteiger partial charge on any atom is -0.454 e. The summed E-state index contributed by atoms with van der Waals surface area (Å²) in [4.78, 5) is 41.2. The van der Waals surface area contributed by atoms with E-state index in [1.807, 2.05) is 54.6 Å². The zero-order chi connectivity index (χ0) is 21.8. The number of hydrogen-bond donors (Lipinski definition) is 2. The number of para-hydroxylation sites is 2. The summed E-state index contributed by atoms with van der Waals surface area (Å²) in [6.07, 6.45) is 1.54. The molecule has 0 saturated carbocycles. The SMILES string of the molecule is NC(=O)c1cc(-c2ccccc2)sc1NC(=O)COC(=O)Cn1cnc2ccccc21. The molecule has 4 aromatic rings. The summed E-state index contributed by atoms with van der Waals surface area (Å²) in [5.41, 5.74) is 8.10. The van der Waals surface area contributed by atoms with Crippen molar-refractivity contribution in [2.45, 2.75) is 6.54 Å². The third kappa shape index (κ3) is 4.62. The second-order valence-electron chi connectivity index (χ2n) is 6.65. The van der Waals surface area contributed by atoms with Crippen LogP contribution in [-0.4, -0.2) is 33.9 Å². The zero-order valence-electron chi connectivity index (χ0n) is 16.3. The van der Waals surface area contributed by atoms with Gasteiger partial charge in [-0.1, -0.05) is 42.5 Å². The number of esters is 1. The Morgan fingerprint density at radius 1 is 1.06 bits per heavy atom. The number of fused-ring (bicyclic) bond motifs is 1. The highest BCUT2D eigenvalue weighted by Gasteiger charge is 2.18. The second kappa shape index (κ2) is 8.80. The fraction of sp³-hybridized carbons (Fsp3) is 0.0909. The molecule has 2 heterocycles. The number of nitrogens with two attached hydrogens (primary N) is 1. The Bertz CT molecular complexity index is 1260. The normalized spacial score (nSPS) is 10.7. The molecule has 0 radical (unpaired) electrons. The molecule has 0 aliphatic heterocycles. The van der Waals surface area contributed by atoms with Crippen LogP contribution in [0.25, 0.3) is 21.5 Å². The minimum absolute atomic E-state index is 0.0719. The van der Waals surface area contributed by atoms with Crippen molar-refractivity contribution in [1.82, 2.24) is 9.55 Å². The van der Waals surface area contributed by atoms with Crippen molar-refractivity contribution in [3.63, 3.8) is 0 Å². The zero-order valence-corrected chi connectivity index (χ0v) is 17.1. The van der Waals surface area contributed by atoms with Gasteiger partial charge in [-0.15, -0.1) is 11.3 Å². The first-order chi connectivity index (χ1) is 15.0. The van der Waals surface area contributed by atoms with E-state index < -0.39 is 24.4 Å². The van der Waals surface area contributed by atoms with Crippen LogP contribution in [0.1, 0.15) is 10.4 Å². The number of imidazole rings is 1. The number of nitrogens with zero attached hydrogens (tertiary/aromatic N) is 2. The predicted molar refractivity (Wildman–Crippen MR) is 118 cm³/mol. The van der Waals surface area contributed by atoms with Crippen molar-refractivity contribution >= 4 is 45.2 Å². The molecule has 0 bridgehead atoms. The molecule has 0 spiro atoms. The lowest BCUT2D eigenvalue weighted by Gasteiger charge is -2.07. The van der Waals surface area contributed by atoms with Gasteiger partial charge in [0.15, 0.2) is 6.61 Å². The van der Waals surface area contributed by atoms with Gasteiger partial charge in [-0.3, -0.25) is 14.4 Å². The Morgan fingerprint density at radius 3 is 2.58 bits per heavy atom. The molecule has 2 amide bonds. The van der Waals surface area contributed by atoms with E-state index in [0.29, 0.717) is 5.00 Å².